The largest absolute Gasteiger partial charge is 0.494 e. The second-order valence-electron chi connectivity index (χ2n) is 6.50. The molecule has 0 aliphatic rings. The Morgan fingerprint density at radius 1 is 1.23 bits per heavy atom. The molecular weight excluding hydrogens is 406 g/mol. The molecule has 1 heterocycles. The lowest BCUT2D eigenvalue weighted by Gasteiger charge is -2.15. The van der Waals surface area contributed by atoms with Gasteiger partial charge in [-0.1, -0.05) is 12.1 Å². The Bertz CT molecular complexity index is 958. The summed E-state index contributed by atoms with van der Waals surface area (Å²) in [5.74, 6) is 2.39. The van der Waals surface area contributed by atoms with Gasteiger partial charge in [-0.2, -0.15) is 0 Å². The average Bonchev–Trinajstić information content (AvgIpc) is 2.71. The van der Waals surface area contributed by atoms with Gasteiger partial charge in [-0.05, 0) is 37.1 Å². The molecule has 160 valence electrons. The van der Waals surface area contributed by atoms with E-state index in [1.165, 1.54) is 12.1 Å². The van der Waals surface area contributed by atoms with E-state index < -0.39 is 28.5 Å². The summed E-state index contributed by atoms with van der Waals surface area (Å²) in [5.41, 5.74) is 0. The minimum atomic E-state index is -3.93. The summed E-state index contributed by atoms with van der Waals surface area (Å²) in [7, 11) is -3.93. The Balaban J connectivity index is 1.84. The van der Waals surface area contributed by atoms with Gasteiger partial charge in [0.25, 0.3) is 0 Å². The van der Waals surface area contributed by atoms with E-state index in [0.29, 0.717) is 12.4 Å². The number of rotatable bonds is 13. The third kappa shape index (κ3) is 8.11. The van der Waals surface area contributed by atoms with E-state index in [-0.39, 0.29) is 11.3 Å². The minimum Gasteiger partial charge on any atom is -0.494 e. The third-order valence-electron chi connectivity index (χ3n) is 4.03. The number of nitrogens with zero attached hydrogens (tertiary/aromatic N) is 1. The number of terminal acetylenes is 1. The number of aromatic nitrogens is 1. The van der Waals surface area contributed by atoms with Crippen LogP contribution >= 0.6 is 0 Å². The molecule has 0 aliphatic heterocycles. The Hall–Kier alpha value is -3.09. The molecule has 1 aromatic carbocycles. The summed E-state index contributed by atoms with van der Waals surface area (Å²) in [6.45, 7) is 1.18. The van der Waals surface area contributed by atoms with Crippen molar-refractivity contribution >= 4 is 21.8 Å². The fraction of sp³-hybridized carbons (Fsp3) is 0.333. The van der Waals surface area contributed by atoms with Crippen molar-refractivity contribution in [3.8, 4) is 18.1 Å². The highest BCUT2D eigenvalue weighted by atomic mass is 32.2. The van der Waals surface area contributed by atoms with Crippen molar-refractivity contribution in [3.05, 3.63) is 48.7 Å². The average molecular weight is 432 g/mol. The predicted molar refractivity (Wildman–Crippen MR) is 114 cm³/mol. The first-order valence-electron chi connectivity index (χ1n) is 9.46. The van der Waals surface area contributed by atoms with Crippen LogP contribution < -0.4 is 14.8 Å². The summed E-state index contributed by atoms with van der Waals surface area (Å²) >= 11 is 0. The highest BCUT2D eigenvalue weighted by molar-refractivity contribution is 7.89. The number of sulfonamides is 1. The van der Waals surface area contributed by atoms with E-state index in [2.05, 4.69) is 20.9 Å². The first kappa shape index (κ1) is 23.2. The number of unbranched alkanes of at least 4 members (excludes halogenated alkanes) is 1. The topological polar surface area (TPSA) is 118 Å². The highest BCUT2D eigenvalue weighted by Crippen LogP contribution is 2.19. The van der Waals surface area contributed by atoms with Crippen LogP contribution in [0.5, 0.6) is 5.75 Å². The lowest BCUT2D eigenvalue weighted by molar-refractivity contribution is -0.137. The molecule has 1 atom stereocenters. The molecule has 30 heavy (non-hydrogen) atoms. The molecule has 0 aliphatic carbocycles. The quantitative estimate of drug-likeness (QED) is 0.329. The van der Waals surface area contributed by atoms with E-state index in [1.54, 1.807) is 18.3 Å². The van der Waals surface area contributed by atoms with Crippen LogP contribution in [0.1, 0.15) is 25.7 Å². The number of hydrogen-bond acceptors (Lipinski definition) is 6. The molecule has 0 saturated heterocycles. The number of nitrogens with one attached hydrogen (secondary N) is 2. The number of aliphatic carboxylic acids is 1. The molecule has 2 aromatic rings. The smallest absolute Gasteiger partial charge is 0.305 e. The number of ether oxygens (including phenoxy) is 1. The van der Waals surface area contributed by atoms with Gasteiger partial charge in [-0.3, -0.25) is 4.79 Å². The van der Waals surface area contributed by atoms with E-state index in [4.69, 9.17) is 16.3 Å². The lowest BCUT2D eigenvalue weighted by atomic mass is 10.2. The van der Waals surface area contributed by atoms with Gasteiger partial charge in [0.2, 0.25) is 10.0 Å². The minimum absolute atomic E-state index is 0.00997. The van der Waals surface area contributed by atoms with Crippen LogP contribution in [0.3, 0.4) is 0 Å². The number of pyridine rings is 1. The van der Waals surface area contributed by atoms with Crippen LogP contribution in [0.15, 0.2) is 53.6 Å². The SMILES string of the molecule is C#CCC(CC(=O)O)NS(=O)(=O)c1cccc(OCCCCNc2ccccn2)c1. The van der Waals surface area contributed by atoms with Gasteiger partial charge in [0.05, 0.1) is 17.9 Å². The van der Waals surface area contributed by atoms with Crippen LogP contribution in [0.2, 0.25) is 0 Å². The van der Waals surface area contributed by atoms with Gasteiger partial charge < -0.3 is 15.2 Å². The first-order chi connectivity index (χ1) is 14.4. The number of benzene rings is 1. The Morgan fingerprint density at radius 3 is 2.77 bits per heavy atom. The highest BCUT2D eigenvalue weighted by Gasteiger charge is 2.22. The monoisotopic (exact) mass is 431 g/mol. The summed E-state index contributed by atoms with van der Waals surface area (Å²) in [4.78, 5) is 15.1. The van der Waals surface area contributed by atoms with Crippen molar-refractivity contribution in [1.82, 2.24) is 9.71 Å². The molecule has 8 nitrogen and oxygen atoms in total. The molecule has 0 bridgehead atoms. The Kier molecular flexibility index (Phi) is 9.12. The van der Waals surface area contributed by atoms with Crippen molar-refractivity contribution in [2.24, 2.45) is 0 Å². The standard InChI is InChI=1S/C21H25N3O5S/c1-2-8-17(15-21(25)26)24-30(27,28)19-10-7-9-18(16-19)29-14-6-5-13-23-20-11-3-4-12-22-20/h1,3-4,7,9-12,16-17,24H,5-6,8,13-15H2,(H,22,23)(H,25,26). The van der Waals surface area contributed by atoms with Gasteiger partial charge in [0.15, 0.2) is 0 Å². The zero-order valence-electron chi connectivity index (χ0n) is 16.5. The summed E-state index contributed by atoms with van der Waals surface area (Å²) < 4.78 is 33.1. The van der Waals surface area contributed by atoms with Crippen molar-refractivity contribution in [1.29, 1.82) is 0 Å². The fourth-order valence-electron chi connectivity index (χ4n) is 2.63. The fourth-order valence-corrected chi connectivity index (χ4v) is 3.90. The van der Waals surface area contributed by atoms with Crippen molar-refractivity contribution in [3.63, 3.8) is 0 Å². The number of carboxylic acids is 1. The maximum atomic E-state index is 12.6. The zero-order chi connectivity index (χ0) is 21.8. The van der Waals surface area contributed by atoms with Crippen LogP contribution in [-0.2, 0) is 14.8 Å². The van der Waals surface area contributed by atoms with Crippen molar-refractivity contribution in [2.75, 3.05) is 18.5 Å². The second-order valence-corrected chi connectivity index (χ2v) is 8.21. The Labute approximate surface area is 176 Å². The van der Waals surface area contributed by atoms with E-state index in [9.17, 15) is 13.2 Å². The molecule has 3 N–H and O–H groups in total. The molecule has 0 spiro atoms. The number of carboxylic acid groups (broad SMARTS) is 1. The summed E-state index contributed by atoms with van der Waals surface area (Å²) in [5, 5.41) is 12.1. The lowest BCUT2D eigenvalue weighted by Crippen LogP contribution is -2.36. The predicted octanol–water partition coefficient (Wildman–Crippen LogP) is 2.50. The van der Waals surface area contributed by atoms with Crippen molar-refractivity contribution < 1.29 is 23.1 Å². The molecular formula is C21H25N3O5S. The maximum absolute atomic E-state index is 12.6. The van der Waals surface area contributed by atoms with Crippen LogP contribution in [0.4, 0.5) is 5.82 Å². The van der Waals surface area contributed by atoms with E-state index in [1.807, 2.05) is 18.2 Å². The molecule has 1 aromatic heterocycles. The van der Waals surface area contributed by atoms with Crippen LogP contribution in [0.25, 0.3) is 0 Å². The van der Waals surface area contributed by atoms with E-state index >= 15 is 0 Å². The van der Waals surface area contributed by atoms with Gasteiger partial charge >= 0.3 is 5.97 Å². The van der Waals surface area contributed by atoms with Crippen LogP contribution in [-0.4, -0.2) is 43.7 Å². The second kappa shape index (κ2) is 11.8. The number of anilines is 1. The molecule has 0 radical (unpaired) electrons. The molecule has 0 saturated carbocycles. The number of carbonyl (C=O) groups is 1. The summed E-state index contributed by atoms with van der Waals surface area (Å²) in [6, 6.07) is 10.8. The Morgan fingerprint density at radius 2 is 2.07 bits per heavy atom. The third-order valence-corrected chi connectivity index (χ3v) is 5.55. The van der Waals surface area contributed by atoms with Gasteiger partial charge in [-0.15, -0.1) is 12.3 Å². The van der Waals surface area contributed by atoms with Crippen LogP contribution in [0, 0.1) is 12.3 Å². The summed E-state index contributed by atoms with van der Waals surface area (Å²) in [6.07, 6.45) is 8.14. The molecule has 0 fully saturated rings. The van der Waals surface area contributed by atoms with E-state index in [0.717, 1.165) is 25.2 Å². The van der Waals surface area contributed by atoms with Gasteiger partial charge in [-0.25, -0.2) is 18.1 Å². The molecule has 9 heteroatoms. The number of hydrogen-bond donors (Lipinski definition) is 3. The molecule has 1 unspecified atom stereocenters. The van der Waals surface area contributed by atoms with Gasteiger partial charge in [0.1, 0.15) is 11.6 Å². The molecule has 2 rings (SSSR count). The maximum Gasteiger partial charge on any atom is 0.305 e. The van der Waals surface area contributed by atoms with Crippen molar-refractivity contribution in [2.45, 2.75) is 36.6 Å². The molecule has 0 amide bonds. The first-order valence-corrected chi connectivity index (χ1v) is 10.9. The van der Waals surface area contributed by atoms with Gasteiger partial charge in [0, 0.05) is 31.3 Å². The normalized spacial score (nSPS) is 12.0. The zero-order valence-corrected chi connectivity index (χ0v) is 17.3.